The summed E-state index contributed by atoms with van der Waals surface area (Å²) in [5.74, 6) is -0.244. The van der Waals surface area contributed by atoms with Crippen molar-refractivity contribution in [2.75, 3.05) is 0 Å². The van der Waals surface area contributed by atoms with Gasteiger partial charge in [-0.1, -0.05) is 0 Å². The number of hydrogen-bond donors (Lipinski definition) is 1. The molecule has 0 atom stereocenters. The number of allylic oxidation sites excluding steroid dienone is 2. The predicted molar refractivity (Wildman–Crippen MR) is 155 cm³/mol. The molecule has 1 N–H and O–H groups in total. The molecule has 5 nitrogen and oxygen atoms in total. The fourth-order valence-corrected chi connectivity index (χ4v) is 11.0. The minimum absolute atomic E-state index is 0.0674. The summed E-state index contributed by atoms with van der Waals surface area (Å²) in [6, 6.07) is 34.4. The number of nitrogens with one attached hydrogen (secondary N) is 1. The van der Waals surface area contributed by atoms with Gasteiger partial charge >= 0.3 is 227 Å². The van der Waals surface area contributed by atoms with Crippen LogP contribution in [0, 0.1) is 10.5 Å². The molecule has 0 radical (unpaired) electrons. The molecule has 0 unspecified atom stereocenters. The van der Waals surface area contributed by atoms with E-state index in [4.69, 9.17) is 2.51 Å². The minimum atomic E-state index is -4.13. The monoisotopic (exact) mass is 625 g/mol. The van der Waals surface area contributed by atoms with Gasteiger partial charge in [0, 0.05) is 0 Å². The summed E-state index contributed by atoms with van der Waals surface area (Å²) in [6.07, 6.45) is 0. The van der Waals surface area contributed by atoms with Gasteiger partial charge in [-0.2, -0.15) is 0 Å². The van der Waals surface area contributed by atoms with Crippen molar-refractivity contribution in [1.29, 1.82) is 0 Å². The Hall–Kier alpha value is -3.27. The Morgan fingerprint density at radius 2 is 1.32 bits per heavy atom. The van der Waals surface area contributed by atoms with E-state index in [0.717, 1.165) is 11.1 Å². The zero-order chi connectivity index (χ0) is 26.3. The van der Waals surface area contributed by atoms with E-state index in [1.807, 2.05) is 80.6 Å². The molecule has 0 aliphatic rings. The number of aryl methyl sites for hydroxylation is 1. The average Bonchev–Trinajstić information content (AvgIpc) is 2.93. The second-order valence-corrected chi connectivity index (χ2v) is 14.7. The van der Waals surface area contributed by atoms with Gasteiger partial charge in [0.1, 0.15) is 0 Å². The molecule has 0 spiro atoms. The number of halogens is 1. The molecular weight excluding hydrogens is 597 g/mol. The van der Waals surface area contributed by atoms with E-state index in [9.17, 15) is 13.2 Å². The van der Waals surface area contributed by atoms with Gasteiger partial charge in [-0.05, 0) is 0 Å². The van der Waals surface area contributed by atoms with E-state index in [0.29, 0.717) is 25.0 Å². The molecule has 4 aromatic rings. The van der Waals surface area contributed by atoms with Crippen LogP contribution >= 0.6 is 20.2 Å². The standard InChI is InChI=1S/C30H28INO4S/c1-23-18-20-28(21-19-23)37(34,35)36-31(27-16-10-5-11-17-27)29(30(33)26-14-8-4-9-15-26)24(2)32-22-25-12-6-3-7-13-25/h3-21,32H,22H2,1-2H3/b29-24+. The number of carbonyl (C=O) groups excluding carboxylic acids is 1. The van der Waals surface area contributed by atoms with Crippen LogP contribution in [-0.2, 0) is 19.2 Å². The Morgan fingerprint density at radius 1 is 0.784 bits per heavy atom. The maximum absolute atomic E-state index is 13.9. The van der Waals surface area contributed by atoms with E-state index < -0.39 is 30.4 Å². The molecule has 0 aromatic heterocycles. The van der Waals surface area contributed by atoms with Gasteiger partial charge in [-0.15, -0.1) is 0 Å². The van der Waals surface area contributed by atoms with Gasteiger partial charge in [0.15, 0.2) is 0 Å². The van der Waals surface area contributed by atoms with E-state index in [1.54, 1.807) is 36.4 Å². The Kier molecular flexibility index (Phi) is 8.91. The van der Waals surface area contributed by atoms with Gasteiger partial charge in [0.2, 0.25) is 0 Å². The Bertz CT molecular complexity index is 1470. The van der Waals surface area contributed by atoms with E-state index in [1.165, 1.54) is 12.1 Å². The first kappa shape index (κ1) is 26.8. The number of hydrogen-bond acceptors (Lipinski definition) is 5. The van der Waals surface area contributed by atoms with Crippen molar-refractivity contribution in [1.82, 2.24) is 5.32 Å². The summed E-state index contributed by atoms with van der Waals surface area (Å²) >= 11 is -3.29. The van der Waals surface area contributed by atoms with E-state index in [2.05, 4.69) is 5.32 Å². The molecule has 0 fully saturated rings. The summed E-state index contributed by atoms with van der Waals surface area (Å²) in [7, 11) is -4.13. The molecule has 4 rings (SSSR count). The Morgan fingerprint density at radius 3 is 1.92 bits per heavy atom. The molecular formula is C30H28INO4S. The van der Waals surface area contributed by atoms with Crippen LogP contribution in [0.4, 0.5) is 0 Å². The van der Waals surface area contributed by atoms with Crippen LogP contribution in [0.15, 0.2) is 129 Å². The molecule has 0 aliphatic heterocycles. The third-order valence-corrected chi connectivity index (χ3v) is 13.3. The van der Waals surface area contributed by atoms with Crippen molar-refractivity contribution < 1.29 is 15.7 Å². The van der Waals surface area contributed by atoms with Gasteiger partial charge in [-0.3, -0.25) is 0 Å². The predicted octanol–water partition coefficient (Wildman–Crippen LogP) is 6.90. The van der Waals surface area contributed by atoms with Gasteiger partial charge in [0.05, 0.1) is 0 Å². The first-order valence-electron chi connectivity index (χ1n) is 11.7. The molecule has 0 saturated heterocycles. The normalized spacial score (nSPS) is 12.4. The van der Waals surface area contributed by atoms with Crippen molar-refractivity contribution in [3.8, 4) is 0 Å². The quantitative estimate of drug-likeness (QED) is 0.118. The molecule has 0 saturated carbocycles. The van der Waals surface area contributed by atoms with E-state index >= 15 is 0 Å². The number of rotatable bonds is 10. The van der Waals surface area contributed by atoms with Crippen molar-refractivity contribution >= 4 is 36.1 Å². The van der Waals surface area contributed by atoms with Crippen LogP contribution in [0.1, 0.15) is 28.4 Å². The van der Waals surface area contributed by atoms with Gasteiger partial charge in [0.25, 0.3) is 0 Å². The van der Waals surface area contributed by atoms with Crippen molar-refractivity contribution in [3.63, 3.8) is 0 Å². The third-order valence-electron chi connectivity index (χ3n) is 5.52. The van der Waals surface area contributed by atoms with Gasteiger partial charge < -0.3 is 0 Å². The van der Waals surface area contributed by atoms with Gasteiger partial charge in [-0.25, -0.2) is 0 Å². The number of ketones is 1. The summed E-state index contributed by atoms with van der Waals surface area (Å²) in [5.41, 5.74) is 3.07. The zero-order valence-corrected chi connectivity index (χ0v) is 23.6. The summed E-state index contributed by atoms with van der Waals surface area (Å²) in [4.78, 5) is 14.0. The van der Waals surface area contributed by atoms with Crippen LogP contribution in [0.25, 0.3) is 0 Å². The summed E-state index contributed by atoms with van der Waals surface area (Å²) in [6.45, 7) is 4.19. The first-order chi connectivity index (χ1) is 17.8. The second kappa shape index (κ2) is 12.3. The molecule has 0 bridgehead atoms. The zero-order valence-electron chi connectivity index (χ0n) is 20.6. The number of Topliss-reactive ketones (excluding diaryl/α,β-unsaturated/α-hetero) is 1. The Balaban J connectivity index is 1.81. The van der Waals surface area contributed by atoms with Crippen molar-refractivity contribution in [2.45, 2.75) is 25.3 Å². The van der Waals surface area contributed by atoms with Crippen molar-refractivity contribution in [2.24, 2.45) is 0 Å². The fraction of sp³-hybridized carbons (Fsp3) is 0.100. The molecule has 190 valence electrons. The van der Waals surface area contributed by atoms with Crippen LogP contribution < -0.4 is 5.32 Å². The molecule has 0 aliphatic carbocycles. The number of carbonyl (C=O) groups is 1. The van der Waals surface area contributed by atoms with Crippen LogP contribution in [0.5, 0.6) is 0 Å². The molecule has 7 heteroatoms. The maximum atomic E-state index is 13.9. The molecule has 0 amide bonds. The average molecular weight is 626 g/mol. The molecule has 4 aromatic carbocycles. The Labute approximate surface area is 226 Å². The molecule has 37 heavy (non-hydrogen) atoms. The van der Waals surface area contributed by atoms with Crippen LogP contribution in [-0.4, -0.2) is 14.2 Å². The van der Waals surface area contributed by atoms with E-state index in [-0.39, 0.29) is 10.7 Å². The summed E-state index contributed by atoms with van der Waals surface area (Å²) < 4.78 is 34.0. The topological polar surface area (TPSA) is 72.5 Å². The van der Waals surface area contributed by atoms with Crippen LogP contribution in [0.3, 0.4) is 0 Å². The third kappa shape index (κ3) is 6.94. The fourth-order valence-electron chi connectivity index (χ4n) is 3.53. The first-order valence-corrected chi connectivity index (χ1v) is 16.1. The SMILES string of the molecule is C/C(NCc1ccccc1)=C(/C(=O)c1ccccc1)I(OS(=O)(=O)c1ccc(C)cc1)c1ccccc1. The number of benzene rings is 4. The van der Waals surface area contributed by atoms with Crippen LogP contribution in [0.2, 0.25) is 0 Å². The van der Waals surface area contributed by atoms with Crippen molar-refractivity contribution in [3.05, 3.63) is 145 Å². The summed E-state index contributed by atoms with van der Waals surface area (Å²) in [5, 5.41) is 3.36. The molecule has 0 heterocycles. The second-order valence-electron chi connectivity index (χ2n) is 8.35.